The molecule has 0 saturated carbocycles. The number of pyridine rings is 1. The van der Waals surface area contributed by atoms with Crippen molar-refractivity contribution in [1.29, 1.82) is 0 Å². The molecule has 1 aliphatic carbocycles. The average Bonchev–Trinajstić information content (AvgIpc) is 2.90. The number of imidazole rings is 1. The van der Waals surface area contributed by atoms with E-state index in [-0.39, 0.29) is 0 Å². The van der Waals surface area contributed by atoms with E-state index in [4.69, 9.17) is 5.73 Å². The largest absolute Gasteiger partial charge is 0.382 e. The molecule has 0 amide bonds. The van der Waals surface area contributed by atoms with E-state index in [1.54, 1.807) is 0 Å². The number of nitrogen functional groups attached to an aromatic ring is 1. The van der Waals surface area contributed by atoms with Crippen LogP contribution in [0.25, 0.3) is 11.0 Å². The summed E-state index contributed by atoms with van der Waals surface area (Å²) >= 11 is 0. The molecule has 4 heteroatoms. The molecular formula is C12H14N4. The Labute approximate surface area is 93.8 Å². The third kappa shape index (κ3) is 1.23. The van der Waals surface area contributed by atoms with Crippen molar-refractivity contribution in [1.82, 2.24) is 14.5 Å². The first-order chi connectivity index (χ1) is 7.77. The van der Waals surface area contributed by atoms with Crippen molar-refractivity contribution in [3.05, 3.63) is 30.2 Å². The molecule has 2 N–H and O–H groups in total. The van der Waals surface area contributed by atoms with Crippen molar-refractivity contribution in [3.8, 4) is 0 Å². The average molecular weight is 214 g/mol. The Morgan fingerprint density at radius 1 is 1.44 bits per heavy atom. The number of fused-ring (bicyclic) bond motifs is 1. The summed E-state index contributed by atoms with van der Waals surface area (Å²) in [5.74, 6) is 0.515. The first kappa shape index (κ1) is 9.39. The number of nitrogens with two attached hydrogens (primary N) is 1. The van der Waals surface area contributed by atoms with Crippen LogP contribution in [-0.2, 0) is 0 Å². The molecule has 0 bridgehead atoms. The molecule has 0 fully saturated rings. The molecule has 2 heterocycles. The first-order valence-corrected chi connectivity index (χ1v) is 5.51. The summed E-state index contributed by atoms with van der Waals surface area (Å²) in [5, 5.41) is 0. The third-order valence-corrected chi connectivity index (χ3v) is 3.15. The lowest BCUT2D eigenvalue weighted by Gasteiger charge is -2.12. The molecule has 4 nitrogen and oxygen atoms in total. The van der Waals surface area contributed by atoms with Crippen LogP contribution in [0.15, 0.2) is 24.7 Å². The van der Waals surface area contributed by atoms with E-state index < -0.39 is 0 Å². The van der Waals surface area contributed by atoms with E-state index in [9.17, 15) is 0 Å². The van der Waals surface area contributed by atoms with Crippen molar-refractivity contribution in [2.75, 3.05) is 5.73 Å². The molecule has 1 aliphatic rings. The molecule has 0 unspecified atom stereocenters. The maximum absolute atomic E-state index is 5.83. The van der Waals surface area contributed by atoms with Crippen LogP contribution in [0.3, 0.4) is 0 Å². The first-order valence-electron chi connectivity index (χ1n) is 5.51. The molecule has 82 valence electrons. The van der Waals surface area contributed by atoms with Crippen molar-refractivity contribution in [2.24, 2.45) is 0 Å². The van der Waals surface area contributed by atoms with Gasteiger partial charge in [0.15, 0.2) is 5.82 Å². The topological polar surface area (TPSA) is 56.7 Å². The summed E-state index contributed by atoms with van der Waals surface area (Å²) < 4.78 is 2.20. The van der Waals surface area contributed by atoms with Gasteiger partial charge in [0.25, 0.3) is 0 Å². The highest BCUT2D eigenvalue weighted by molar-refractivity contribution is 5.87. The Hall–Kier alpha value is -1.84. The Morgan fingerprint density at radius 2 is 2.31 bits per heavy atom. The SMILES string of the molecule is Cc1cnc(N)c2ncn([C@@H]3C=CCC3)c12. The van der Waals surface area contributed by atoms with Gasteiger partial charge in [-0.1, -0.05) is 12.2 Å². The summed E-state index contributed by atoms with van der Waals surface area (Å²) in [6, 6.07) is 0.422. The molecule has 0 aromatic carbocycles. The van der Waals surface area contributed by atoms with Crippen LogP contribution >= 0.6 is 0 Å². The highest BCUT2D eigenvalue weighted by atomic mass is 15.1. The smallest absolute Gasteiger partial charge is 0.151 e. The number of rotatable bonds is 1. The number of nitrogens with zero attached hydrogens (tertiary/aromatic N) is 3. The van der Waals surface area contributed by atoms with Crippen LogP contribution < -0.4 is 5.73 Å². The summed E-state index contributed by atoms with van der Waals surface area (Å²) in [7, 11) is 0. The number of hydrogen-bond donors (Lipinski definition) is 1. The molecule has 1 atom stereocenters. The zero-order valence-corrected chi connectivity index (χ0v) is 9.22. The van der Waals surface area contributed by atoms with Gasteiger partial charge < -0.3 is 10.3 Å². The zero-order valence-electron chi connectivity index (χ0n) is 9.22. The molecule has 2 aromatic heterocycles. The Kier molecular flexibility index (Phi) is 1.96. The second-order valence-electron chi connectivity index (χ2n) is 4.25. The monoisotopic (exact) mass is 214 g/mol. The van der Waals surface area contributed by atoms with Crippen LogP contribution in [0.1, 0.15) is 24.4 Å². The molecule has 0 radical (unpaired) electrons. The Morgan fingerprint density at radius 3 is 3.06 bits per heavy atom. The van der Waals surface area contributed by atoms with Crippen LogP contribution in [0, 0.1) is 6.92 Å². The van der Waals surface area contributed by atoms with E-state index in [1.165, 1.54) is 0 Å². The van der Waals surface area contributed by atoms with Crippen molar-refractivity contribution in [2.45, 2.75) is 25.8 Å². The Balaban J connectivity index is 2.26. The molecule has 3 rings (SSSR count). The number of anilines is 1. The lowest BCUT2D eigenvalue weighted by molar-refractivity contribution is 0.605. The van der Waals surface area contributed by atoms with Gasteiger partial charge >= 0.3 is 0 Å². The maximum atomic E-state index is 5.83. The van der Waals surface area contributed by atoms with Gasteiger partial charge in [0.1, 0.15) is 5.52 Å². The molecule has 16 heavy (non-hydrogen) atoms. The van der Waals surface area contributed by atoms with E-state index in [0.717, 1.165) is 29.4 Å². The number of aromatic nitrogens is 3. The van der Waals surface area contributed by atoms with E-state index in [0.29, 0.717) is 11.9 Å². The lowest BCUT2D eigenvalue weighted by Crippen LogP contribution is -2.03. The van der Waals surface area contributed by atoms with Gasteiger partial charge in [-0.15, -0.1) is 0 Å². The molecule has 0 aliphatic heterocycles. The summed E-state index contributed by atoms with van der Waals surface area (Å²) in [6.45, 7) is 2.05. The highest BCUT2D eigenvalue weighted by Gasteiger charge is 2.16. The molecule has 0 spiro atoms. The standard InChI is InChI=1S/C12H14N4/c1-8-6-14-12(13)10-11(8)16(7-15-10)9-4-2-3-5-9/h2,4,6-7,9H,3,5H2,1H3,(H2,13,14)/t9-/m1/s1. The lowest BCUT2D eigenvalue weighted by atomic mass is 10.2. The van der Waals surface area contributed by atoms with Gasteiger partial charge in [0, 0.05) is 6.20 Å². The van der Waals surface area contributed by atoms with Crippen molar-refractivity contribution >= 4 is 16.9 Å². The predicted molar refractivity (Wildman–Crippen MR) is 64.1 cm³/mol. The molecule has 0 saturated heterocycles. The van der Waals surface area contributed by atoms with Gasteiger partial charge in [-0.25, -0.2) is 9.97 Å². The van der Waals surface area contributed by atoms with E-state index in [1.807, 2.05) is 19.4 Å². The summed E-state index contributed by atoms with van der Waals surface area (Å²) in [4.78, 5) is 8.50. The van der Waals surface area contributed by atoms with Gasteiger partial charge in [-0.3, -0.25) is 0 Å². The minimum absolute atomic E-state index is 0.422. The van der Waals surface area contributed by atoms with Gasteiger partial charge in [-0.2, -0.15) is 0 Å². The number of aryl methyl sites for hydroxylation is 1. The highest BCUT2D eigenvalue weighted by Crippen LogP contribution is 2.29. The molecule has 2 aromatic rings. The quantitative estimate of drug-likeness (QED) is 0.740. The minimum atomic E-state index is 0.422. The second kappa shape index (κ2) is 3.33. The maximum Gasteiger partial charge on any atom is 0.151 e. The number of hydrogen-bond acceptors (Lipinski definition) is 3. The van der Waals surface area contributed by atoms with Crippen LogP contribution in [0.2, 0.25) is 0 Å². The second-order valence-corrected chi connectivity index (χ2v) is 4.25. The van der Waals surface area contributed by atoms with Gasteiger partial charge in [-0.05, 0) is 25.3 Å². The van der Waals surface area contributed by atoms with Gasteiger partial charge in [0.2, 0.25) is 0 Å². The van der Waals surface area contributed by atoms with Crippen molar-refractivity contribution in [3.63, 3.8) is 0 Å². The van der Waals surface area contributed by atoms with Crippen LogP contribution in [0.5, 0.6) is 0 Å². The minimum Gasteiger partial charge on any atom is -0.382 e. The Bertz CT molecular complexity index is 568. The van der Waals surface area contributed by atoms with Crippen molar-refractivity contribution < 1.29 is 0 Å². The fourth-order valence-electron chi connectivity index (χ4n) is 2.33. The summed E-state index contributed by atoms with van der Waals surface area (Å²) in [5.41, 5.74) is 8.89. The zero-order chi connectivity index (χ0) is 11.1. The van der Waals surface area contributed by atoms with Crippen LogP contribution in [-0.4, -0.2) is 14.5 Å². The van der Waals surface area contributed by atoms with E-state index >= 15 is 0 Å². The molecular weight excluding hydrogens is 200 g/mol. The third-order valence-electron chi connectivity index (χ3n) is 3.15. The summed E-state index contributed by atoms with van der Waals surface area (Å²) in [6.07, 6.45) is 10.4. The fraction of sp³-hybridized carbons (Fsp3) is 0.333. The van der Waals surface area contributed by atoms with Gasteiger partial charge in [0.05, 0.1) is 17.9 Å². The number of allylic oxidation sites excluding steroid dienone is 2. The normalized spacial score (nSPS) is 19.7. The van der Waals surface area contributed by atoms with E-state index in [2.05, 4.69) is 26.7 Å². The van der Waals surface area contributed by atoms with Crippen LogP contribution in [0.4, 0.5) is 5.82 Å². The predicted octanol–water partition coefficient (Wildman–Crippen LogP) is 2.21. The fourth-order valence-corrected chi connectivity index (χ4v) is 2.33.